The number of H-pyrrole nitrogens is 1. The Labute approximate surface area is 146 Å². The van der Waals surface area contributed by atoms with E-state index in [9.17, 15) is 9.59 Å². The van der Waals surface area contributed by atoms with Crippen molar-refractivity contribution >= 4 is 22.7 Å². The van der Waals surface area contributed by atoms with Crippen molar-refractivity contribution in [3.63, 3.8) is 0 Å². The number of ether oxygens (including phenoxy) is 1. The Morgan fingerprint density at radius 1 is 1.00 bits per heavy atom. The summed E-state index contributed by atoms with van der Waals surface area (Å²) in [6, 6.07) is 14.8. The largest absolute Gasteiger partial charge is 0.454 e. The molecule has 0 saturated heterocycles. The highest BCUT2D eigenvalue weighted by Gasteiger charge is 2.17. The van der Waals surface area contributed by atoms with Crippen LogP contribution < -0.4 is 0 Å². The average molecular weight is 335 g/mol. The second-order valence-electron chi connectivity index (χ2n) is 7.07. The van der Waals surface area contributed by atoms with E-state index in [1.165, 1.54) is 0 Å². The zero-order valence-electron chi connectivity index (χ0n) is 14.6. The minimum absolute atomic E-state index is 0.0216. The summed E-state index contributed by atoms with van der Waals surface area (Å²) in [4.78, 5) is 27.6. The van der Waals surface area contributed by atoms with Crippen LogP contribution in [0.25, 0.3) is 10.9 Å². The molecular formula is C21H21NO3. The number of fused-ring (bicyclic) bond motifs is 1. The van der Waals surface area contributed by atoms with Gasteiger partial charge < -0.3 is 9.72 Å². The predicted molar refractivity (Wildman–Crippen MR) is 98.1 cm³/mol. The molecule has 0 bridgehead atoms. The van der Waals surface area contributed by atoms with E-state index in [2.05, 4.69) is 25.8 Å². The third-order valence-corrected chi connectivity index (χ3v) is 4.21. The maximum Gasteiger partial charge on any atom is 0.338 e. The lowest BCUT2D eigenvalue weighted by Crippen LogP contribution is -2.15. The summed E-state index contributed by atoms with van der Waals surface area (Å²) in [5.74, 6) is -0.717. The molecule has 3 aromatic rings. The SMILES string of the molecule is CC(C)(C)c1ccc(C(=O)OCC(=O)c2c[nH]c3ccccc23)cc1. The second-order valence-corrected chi connectivity index (χ2v) is 7.07. The number of aromatic nitrogens is 1. The topological polar surface area (TPSA) is 59.2 Å². The van der Waals surface area contributed by atoms with Crippen molar-refractivity contribution in [2.75, 3.05) is 6.61 Å². The minimum atomic E-state index is -0.492. The van der Waals surface area contributed by atoms with E-state index < -0.39 is 5.97 Å². The quantitative estimate of drug-likeness (QED) is 0.564. The summed E-state index contributed by atoms with van der Waals surface area (Å²) in [6.45, 7) is 6.06. The highest BCUT2D eigenvalue weighted by Crippen LogP contribution is 2.22. The maximum absolute atomic E-state index is 12.3. The fraction of sp³-hybridized carbons (Fsp3) is 0.238. The lowest BCUT2D eigenvalue weighted by Gasteiger charge is -2.18. The van der Waals surface area contributed by atoms with Crippen LogP contribution in [0.5, 0.6) is 0 Å². The molecule has 0 amide bonds. The molecule has 0 unspecified atom stereocenters. The molecule has 1 heterocycles. The van der Waals surface area contributed by atoms with E-state index in [1.807, 2.05) is 36.4 Å². The zero-order valence-corrected chi connectivity index (χ0v) is 14.6. The second kappa shape index (κ2) is 6.55. The molecule has 3 rings (SSSR count). The molecule has 0 atom stereocenters. The number of carbonyl (C=O) groups is 2. The van der Waals surface area contributed by atoms with E-state index in [0.29, 0.717) is 11.1 Å². The van der Waals surface area contributed by atoms with Crippen LogP contribution in [0.15, 0.2) is 54.7 Å². The molecule has 0 aliphatic rings. The van der Waals surface area contributed by atoms with Crippen molar-refractivity contribution in [3.05, 3.63) is 71.4 Å². The Morgan fingerprint density at radius 2 is 1.68 bits per heavy atom. The standard InChI is InChI=1S/C21H21NO3/c1-21(2,3)15-10-8-14(9-11-15)20(24)25-13-19(23)17-12-22-18-7-5-4-6-16(17)18/h4-12,22H,13H2,1-3H3. The number of carbonyl (C=O) groups excluding carboxylic acids is 2. The number of benzene rings is 2. The van der Waals surface area contributed by atoms with Crippen molar-refractivity contribution in [1.29, 1.82) is 0 Å². The first kappa shape index (κ1) is 17.0. The van der Waals surface area contributed by atoms with Crippen LogP contribution in [0.1, 0.15) is 47.1 Å². The summed E-state index contributed by atoms with van der Waals surface area (Å²) < 4.78 is 5.19. The molecule has 128 valence electrons. The van der Waals surface area contributed by atoms with Crippen LogP contribution in [0.3, 0.4) is 0 Å². The van der Waals surface area contributed by atoms with Gasteiger partial charge in [-0.3, -0.25) is 4.79 Å². The third kappa shape index (κ3) is 3.63. The van der Waals surface area contributed by atoms with Gasteiger partial charge in [0, 0.05) is 22.7 Å². The van der Waals surface area contributed by atoms with Crippen LogP contribution >= 0.6 is 0 Å². The van der Waals surface area contributed by atoms with E-state index in [0.717, 1.165) is 16.5 Å². The first-order valence-corrected chi connectivity index (χ1v) is 8.23. The fourth-order valence-electron chi connectivity index (χ4n) is 2.70. The van der Waals surface area contributed by atoms with Gasteiger partial charge in [0.05, 0.1) is 5.56 Å². The zero-order chi connectivity index (χ0) is 18.0. The van der Waals surface area contributed by atoms with E-state index in [-0.39, 0.29) is 17.8 Å². The molecular weight excluding hydrogens is 314 g/mol. The Hall–Kier alpha value is -2.88. The lowest BCUT2D eigenvalue weighted by molar-refractivity contribution is 0.0475. The van der Waals surface area contributed by atoms with Gasteiger partial charge in [-0.25, -0.2) is 4.79 Å². The smallest absolute Gasteiger partial charge is 0.338 e. The number of para-hydroxylation sites is 1. The summed E-state index contributed by atoms with van der Waals surface area (Å²) in [5, 5.41) is 0.832. The van der Waals surface area contributed by atoms with E-state index in [4.69, 9.17) is 4.74 Å². The Balaban J connectivity index is 1.67. The molecule has 0 aliphatic heterocycles. The maximum atomic E-state index is 12.3. The number of ketones is 1. The summed E-state index contributed by atoms with van der Waals surface area (Å²) in [5.41, 5.74) is 3.02. The van der Waals surface area contributed by atoms with Crippen LogP contribution in [0, 0.1) is 0 Å². The molecule has 1 aromatic heterocycles. The molecule has 2 aromatic carbocycles. The molecule has 4 heteroatoms. The average Bonchev–Trinajstić information content (AvgIpc) is 3.03. The number of nitrogens with one attached hydrogen (secondary N) is 1. The first-order valence-electron chi connectivity index (χ1n) is 8.23. The normalized spacial score (nSPS) is 11.5. The molecule has 0 saturated carbocycles. The highest BCUT2D eigenvalue weighted by molar-refractivity contribution is 6.09. The van der Waals surface area contributed by atoms with Gasteiger partial charge >= 0.3 is 5.97 Å². The Morgan fingerprint density at radius 3 is 2.36 bits per heavy atom. The highest BCUT2D eigenvalue weighted by atomic mass is 16.5. The molecule has 0 fully saturated rings. The van der Waals surface area contributed by atoms with Crippen LogP contribution in [0.4, 0.5) is 0 Å². The first-order chi connectivity index (χ1) is 11.9. The van der Waals surface area contributed by atoms with Gasteiger partial charge in [-0.05, 0) is 29.2 Å². The van der Waals surface area contributed by atoms with Crippen molar-refractivity contribution < 1.29 is 14.3 Å². The van der Waals surface area contributed by atoms with Crippen molar-refractivity contribution in [2.24, 2.45) is 0 Å². The Bertz CT molecular complexity index is 914. The number of esters is 1. The number of aromatic amines is 1. The van der Waals surface area contributed by atoms with Gasteiger partial charge in [0.25, 0.3) is 0 Å². The van der Waals surface area contributed by atoms with Crippen molar-refractivity contribution in [3.8, 4) is 0 Å². The van der Waals surface area contributed by atoms with Gasteiger partial charge in [0.15, 0.2) is 6.61 Å². The number of Topliss-reactive ketones (excluding diaryl/α,β-unsaturated/α-hetero) is 1. The minimum Gasteiger partial charge on any atom is -0.454 e. The van der Waals surface area contributed by atoms with Crippen molar-refractivity contribution in [1.82, 2.24) is 4.98 Å². The summed E-state index contributed by atoms with van der Waals surface area (Å²) in [7, 11) is 0. The van der Waals surface area contributed by atoms with Gasteiger partial charge in [-0.2, -0.15) is 0 Å². The Kier molecular flexibility index (Phi) is 4.45. The number of hydrogen-bond acceptors (Lipinski definition) is 3. The predicted octanol–water partition coefficient (Wildman–Crippen LogP) is 4.51. The molecule has 0 radical (unpaired) electrons. The van der Waals surface area contributed by atoms with Gasteiger partial charge in [0.1, 0.15) is 0 Å². The van der Waals surface area contributed by atoms with Crippen LogP contribution in [-0.2, 0) is 10.2 Å². The third-order valence-electron chi connectivity index (χ3n) is 4.21. The summed E-state index contributed by atoms with van der Waals surface area (Å²) in [6.07, 6.45) is 1.65. The van der Waals surface area contributed by atoms with Crippen molar-refractivity contribution in [2.45, 2.75) is 26.2 Å². The molecule has 0 spiro atoms. The molecule has 4 nitrogen and oxygen atoms in total. The molecule has 1 N–H and O–H groups in total. The monoisotopic (exact) mass is 335 g/mol. The van der Waals surface area contributed by atoms with Crippen LogP contribution in [-0.4, -0.2) is 23.3 Å². The summed E-state index contributed by atoms with van der Waals surface area (Å²) >= 11 is 0. The van der Waals surface area contributed by atoms with Gasteiger partial charge in [-0.15, -0.1) is 0 Å². The lowest BCUT2D eigenvalue weighted by atomic mass is 9.87. The fourth-order valence-corrected chi connectivity index (χ4v) is 2.70. The molecule has 0 aliphatic carbocycles. The van der Waals surface area contributed by atoms with Gasteiger partial charge in [-0.1, -0.05) is 51.1 Å². The number of rotatable bonds is 4. The van der Waals surface area contributed by atoms with E-state index in [1.54, 1.807) is 18.3 Å². The van der Waals surface area contributed by atoms with Gasteiger partial charge in [0.2, 0.25) is 5.78 Å². The van der Waals surface area contributed by atoms with E-state index >= 15 is 0 Å². The number of hydrogen-bond donors (Lipinski definition) is 1. The molecule has 25 heavy (non-hydrogen) atoms. The van der Waals surface area contributed by atoms with Crippen LogP contribution in [0.2, 0.25) is 0 Å².